The van der Waals surface area contributed by atoms with Crippen LogP contribution in [0.15, 0.2) is 35.3 Å². The van der Waals surface area contributed by atoms with Gasteiger partial charge in [-0.25, -0.2) is 0 Å². The van der Waals surface area contributed by atoms with Crippen molar-refractivity contribution in [2.24, 2.45) is 4.99 Å². The van der Waals surface area contributed by atoms with E-state index >= 15 is 0 Å². The predicted molar refractivity (Wildman–Crippen MR) is 131 cm³/mol. The number of hydrogen-bond donors (Lipinski definition) is 0. The van der Waals surface area contributed by atoms with Gasteiger partial charge < -0.3 is 23.5 Å². The molecule has 9 heteroatoms. The molecule has 1 amide bonds. The Morgan fingerprint density at radius 1 is 0.941 bits per heavy atom. The molecule has 0 N–H and O–H groups in total. The lowest BCUT2D eigenvalue weighted by Gasteiger charge is -2.16. The minimum absolute atomic E-state index is 0.0392. The van der Waals surface area contributed by atoms with Crippen LogP contribution < -0.4 is 19.0 Å². The lowest BCUT2D eigenvalue weighted by molar-refractivity contribution is -0.143. The van der Waals surface area contributed by atoms with E-state index in [1.807, 2.05) is 45.9 Å². The fourth-order valence-electron chi connectivity index (χ4n) is 3.54. The lowest BCUT2D eigenvalue weighted by atomic mass is 10.1. The highest BCUT2D eigenvalue weighted by molar-refractivity contribution is 7.16. The van der Waals surface area contributed by atoms with Crippen molar-refractivity contribution in [3.05, 3.63) is 46.3 Å². The molecule has 0 atom stereocenters. The van der Waals surface area contributed by atoms with E-state index in [9.17, 15) is 9.59 Å². The van der Waals surface area contributed by atoms with Crippen LogP contribution in [0.1, 0.15) is 43.6 Å². The summed E-state index contributed by atoms with van der Waals surface area (Å²) < 4.78 is 25.0. The average Bonchev–Trinajstić information content (AvgIpc) is 3.14. The molecule has 0 bridgehead atoms. The minimum Gasteiger partial charge on any atom is -0.490 e. The molecule has 182 valence electrons. The van der Waals surface area contributed by atoms with Gasteiger partial charge >= 0.3 is 5.97 Å². The molecule has 0 saturated carbocycles. The van der Waals surface area contributed by atoms with Crippen molar-refractivity contribution in [2.75, 3.05) is 26.4 Å². The van der Waals surface area contributed by atoms with Crippen LogP contribution in [0.25, 0.3) is 10.2 Å². The zero-order valence-electron chi connectivity index (χ0n) is 20.2. The number of fused-ring (bicyclic) bond motifs is 1. The molecule has 0 fully saturated rings. The first-order valence-corrected chi connectivity index (χ1v) is 12.1. The summed E-state index contributed by atoms with van der Waals surface area (Å²) in [6.45, 7) is 10.7. The Morgan fingerprint density at radius 2 is 1.59 bits per heavy atom. The van der Waals surface area contributed by atoms with Gasteiger partial charge in [-0.2, -0.15) is 4.99 Å². The summed E-state index contributed by atoms with van der Waals surface area (Å²) >= 11 is 1.34. The smallest absolute Gasteiger partial charge is 0.326 e. The maximum absolute atomic E-state index is 13.3. The first-order chi connectivity index (χ1) is 16.4. The number of rotatable bonds is 10. The van der Waals surface area contributed by atoms with Crippen molar-refractivity contribution in [1.29, 1.82) is 0 Å². The number of para-hydroxylation sites is 1. The Hall–Kier alpha value is -3.33. The molecule has 8 nitrogen and oxygen atoms in total. The molecule has 0 unspecified atom stereocenters. The highest BCUT2D eigenvalue weighted by Gasteiger charge is 2.19. The van der Waals surface area contributed by atoms with Gasteiger partial charge in [0, 0.05) is 5.56 Å². The largest absolute Gasteiger partial charge is 0.490 e. The van der Waals surface area contributed by atoms with E-state index in [2.05, 4.69) is 4.99 Å². The van der Waals surface area contributed by atoms with E-state index in [0.717, 1.165) is 15.8 Å². The van der Waals surface area contributed by atoms with Crippen molar-refractivity contribution < 1.29 is 28.5 Å². The third-order valence-electron chi connectivity index (χ3n) is 4.85. The number of aryl methyl sites for hydroxylation is 1. The minimum atomic E-state index is -0.480. The Kier molecular flexibility index (Phi) is 8.70. The van der Waals surface area contributed by atoms with Gasteiger partial charge in [-0.3, -0.25) is 9.59 Å². The summed E-state index contributed by atoms with van der Waals surface area (Å²) in [6.07, 6.45) is 0. The first-order valence-electron chi connectivity index (χ1n) is 11.3. The van der Waals surface area contributed by atoms with Crippen molar-refractivity contribution in [3.8, 4) is 17.2 Å². The summed E-state index contributed by atoms with van der Waals surface area (Å²) in [6, 6.07) is 9.05. The number of carbonyl (C=O) groups is 2. The standard InChI is InChI=1S/C25H30N2O6S/c1-6-30-18-13-17(14-19(31-7-2)23(18)33-9-4)24(29)26-25-27(15-21(28)32-8-3)22-16(5)11-10-12-20(22)34-25/h10-14H,6-9,15H2,1-5H3. The highest BCUT2D eigenvalue weighted by atomic mass is 32.1. The van der Waals surface area contributed by atoms with Crippen molar-refractivity contribution in [2.45, 2.75) is 41.2 Å². The molecule has 0 radical (unpaired) electrons. The fraction of sp³-hybridized carbons (Fsp3) is 0.400. The van der Waals surface area contributed by atoms with Crippen LogP contribution in [0.3, 0.4) is 0 Å². The number of amides is 1. The van der Waals surface area contributed by atoms with Crippen LogP contribution in [-0.2, 0) is 16.1 Å². The second-order valence-electron chi connectivity index (χ2n) is 7.22. The monoisotopic (exact) mass is 486 g/mol. The molecular weight excluding hydrogens is 456 g/mol. The summed E-state index contributed by atoms with van der Waals surface area (Å²) in [5, 5.41) is 0. The Morgan fingerprint density at radius 3 is 2.18 bits per heavy atom. The Balaban J connectivity index is 2.14. The van der Waals surface area contributed by atoms with Crippen LogP contribution in [0.5, 0.6) is 17.2 Å². The molecule has 0 saturated heterocycles. The zero-order chi connectivity index (χ0) is 24.7. The molecular formula is C25H30N2O6S. The molecule has 0 aliphatic rings. The van der Waals surface area contributed by atoms with E-state index in [4.69, 9.17) is 18.9 Å². The molecule has 2 aromatic carbocycles. The van der Waals surface area contributed by atoms with E-state index in [-0.39, 0.29) is 13.2 Å². The second-order valence-corrected chi connectivity index (χ2v) is 8.22. The SMILES string of the molecule is CCOC(=O)Cn1c(=NC(=O)c2cc(OCC)c(OCC)c(OCC)c2)sc2cccc(C)c21. The molecule has 34 heavy (non-hydrogen) atoms. The quantitative estimate of drug-likeness (QED) is 0.392. The molecule has 0 spiro atoms. The van der Waals surface area contributed by atoms with E-state index in [1.165, 1.54) is 11.3 Å². The normalized spacial score (nSPS) is 11.5. The van der Waals surface area contributed by atoms with Crippen LogP contribution in [0.4, 0.5) is 0 Å². The van der Waals surface area contributed by atoms with Gasteiger partial charge in [-0.15, -0.1) is 0 Å². The Labute approximate surface area is 202 Å². The topological polar surface area (TPSA) is 88.4 Å². The summed E-state index contributed by atoms with van der Waals surface area (Å²) in [7, 11) is 0. The summed E-state index contributed by atoms with van der Waals surface area (Å²) in [4.78, 5) is 30.4. The number of nitrogens with zero attached hydrogens (tertiary/aromatic N) is 2. The molecule has 3 aromatic rings. The van der Waals surface area contributed by atoms with Crippen molar-refractivity contribution in [3.63, 3.8) is 0 Å². The third-order valence-corrected chi connectivity index (χ3v) is 5.89. The van der Waals surface area contributed by atoms with Gasteiger partial charge in [0.25, 0.3) is 5.91 Å². The molecule has 3 rings (SSSR count). The lowest BCUT2D eigenvalue weighted by Crippen LogP contribution is -2.23. The van der Waals surface area contributed by atoms with Gasteiger partial charge in [-0.05, 0) is 58.4 Å². The average molecular weight is 487 g/mol. The number of hydrogen-bond acceptors (Lipinski definition) is 7. The van der Waals surface area contributed by atoms with Gasteiger partial charge in [0.15, 0.2) is 16.3 Å². The van der Waals surface area contributed by atoms with Crippen LogP contribution in [0.2, 0.25) is 0 Å². The molecule has 1 heterocycles. The van der Waals surface area contributed by atoms with Crippen LogP contribution in [-0.4, -0.2) is 42.9 Å². The molecule has 0 aliphatic heterocycles. The van der Waals surface area contributed by atoms with E-state index in [1.54, 1.807) is 23.6 Å². The van der Waals surface area contributed by atoms with Gasteiger partial charge in [-0.1, -0.05) is 23.5 Å². The maximum Gasteiger partial charge on any atom is 0.326 e. The fourth-order valence-corrected chi connectivity index (χ4v) is 4.64. The Bertz CT molecular complexity index is 1220. The van der Waals surface area contributed by atoms with Gasteiger partial charge in [0.1, 0.15) is 6.54 Å². The third kappa shape index (κ3) is 5.59. The van der Waals surface area contributed by atoms with Crippen LogP contribution >= 0.6 is 11.3 Å². The number of aromatic nitrogens is 1. The van der Waals surface area contributed by atoms with E-state index in [0.29, 0.717) is 47.4 Å². The van der Waals surface area contributed by atoms with Gasteiger partial charge in [0.05, 0.1) is 36.6 Å². The van der Waals surface area contributed by atoms with E-state index < -0.39 is 11.9 Å². The highest BCUT2D eigenvalue weighted by Crippen LogP contribution is 2.39. The number of ether oxygens (including phenoxy) is 4. The number of esters is 1. The van der Waals surface area contributed by atoms with Gasteiger partial charge in [0.2, 0.25) is 5.75 Å². The second kappa shape index (κ2) is 11.7. The summed E-state index contributed by atoms with van der Waals surface area (Å²) in [5.74, 6) is 0.419. The maximum atomic E-state index is 13.3. The van der Waals surface area contributed by atoms with Crippen molar-refractivity contribution >= 4 is 33.4 Å². The number of thiazole rings is 1. The van der Waals surface area contributed by atoms with Crippen molar-refractivity contribution in [1.82, 2.24) is 4.57 Å². The number of carbonyl (C=O) groups excluding carboxylic acids is 2. The van der Waals surface area contributed by atoms with Crippen LogP contribution in [0, 0.1) is 6.92 Å². The zero-order valence-corrected chi connectivity index (χ0v) is 21.0. The summed E-state index contributed by atoms with van der Waals surface area (Å²) in [5.41, 5.74) is 2.13. The number of benzene rings is 2. The predicted octanol–water partition coefficient (Wildman–Crippen LogP) is 4.51. The molecule has 1 aromatic heterocycles. The first kappa shape index (κ1) is 25.3. The molecule has 0 aliphatic carbocycles.